The molecule has 0 amide bonds. The zero-order chi connectivity index (χ0) is 12.3. The second-order valence-electron chi connectivity index (χ2n) is 4.29. The van der Waals surface area contributed by atoms with E-state index in [1.54, 1.807) is 18.3 Å². The highest BCUT2D eigenvalue weighted by atomic mass is 19.3. The molecule has 0 aliphatic carbocycles. The van der Waals surface area contributed by atoms with Crippen LogP contribution in [0.4, 0.5) is 14.6 Å². The summed E-state index contributed by atoms with van der Waals surface area (Å²) in [6, 6.07) is 3.41. The highest BCUT2D eigenvalue weighted by molar-refractivity contribution is 5.49. The number of nitrogens with two attached hydrogens (primary N) is 1. The fraction of sp³-hybridized carbons (Fsp3) is 0.583. The summed E-state index contributed by atoms with van der Waals surface area (Å²) in [6.07, 6.45) is 1.40. The number of rotatable bonds is 4. The summed E-state index contributed by atoms with van der Waals surface area (Å²) in [7, 11) is 0. The van der Waals surface area contributed by atoms with Gasteiger partial charge in [-0.15, -0.1) is 0 Å². The molecule has 0 radical (unpaired) electrons. The number of hydrogen-bond donors (Lipinski definition) is 1. The Balaban J connectivity index is 2.31. The minimum Gasteiger partial charge on any atom is -0.356 e. The number of halogens is 2. The van der Waals surface area contributed by atoms with Gasteiger partial charge in [0.25, 0.3) is 0 Å². The zero-order valence-electron chi connectivity index (χ0n) is 9.65. The minimum atomic E-state index is -2.44. The van der Waals surface area contributed by atoms with Crippen LogP contribution in [0, 0.1) is 0 Å². The molecular formula is C12H17F2N3. The molecule has 17 heavy (non-hydrogen) atoms. The summed E-state index contributed by atoms with van der Waals surface area (Å²) in [6.45, 7) is 1.74. The van der Waals surface area contributed by atoms with Gasteiger partial charge in [0.1, 0.15) is 5.82 Å². The van der Waals surface area contributed by atoms with Gasteiger partial charge in [-0.3, -0.25) is 0 Å². The van der Waals surface area contributed by atoms with Gasteiger partial charge in [0.2, 0.25) is 6.43 Å². The predicted octanol–water partition coefficient (Wildman–Crippen LogP) is 1.99. The first kappa shape index (κ1) is 12.2. The maximum absolute atomic E-state index is 12.9. The molecule has 0 bridgehead atoms. The fourth-order valence-electron chi connectivity index (χ4n) is 2.26. The average molecular weight is 241 g/mol. The van der Waals surface area contributed by atoms with Crippen molar-refractivity contribution in [2.75, 3.05) is 24.5 Å². The Bertz CT molecular complexity index is 365. The number of anilines is 1. The average Bonchev–Trinajstić information content (AvgIpc) is 2.83. The summed E-state index contributed by atoms with van der Waals surface area (Å²) in [5.41, 5.74) is 6.02. The monoisotopic (exact) mass is 241 g/mol. The minimum absolute atomic E-state index is 0.0514. The van der Waals surface area contributed by atoms with E-state index in [0.29, 0.717) is 11.4 Å². The Morgan fingerprint density at radius 3 is 2.65 bits per heavy atom. The lowest BCUT2D eigenvalue weighted by molar-refractivity contribution is 0.117. The van der Waals surface area contributed by atoms with E-state index >= 15 is 0 Å². The molecule has 0 aromatic carbocycles. The maximum atomic E-state index is 12.9. The van der Waals surface area contributed by atoms with Gasteiger partial charge in [0.05, 0.1) is 5.92 Å². The van der Waals surface area contributed by atoms with E-state index in [1.165, 1.54) is 0 Å². The third-order valence-electron chi connectivity index (χ3n) is 3.18. The molecule has 1 fully saturated rings. The molecule has 2 N–H and O–H groups in total. The summed E-state index contributed by atoms with van der Waals surface area (Å²) < 4.78 is 25.9. The van der Waals surface area contributed by atoms with E-state index < -0.39 is 12.3 Å². The highest BCUT2D eigenvalue weighted by Gasteiger charge is 2.26. The number of alkyl halides is 2. The molecule has 5 heteroatoms. The normalized spacial score (nSPS) is 17.8. The SMILES string of the molecule is NCC(c1cccnc1N1CCCC1)C(F)F. The summed E-state index contributed by atoms with van der Waals surface area (Å²) in [4.78, 5) is 6.32. The van der Waals surface area contributed by atoms with Gasteiger partial charge in [-0.1, -0.05) is 6.07 Å². The fourth-order valence-corrected chi connectivity index (χ4v) is 2.26. The number of aromatic nitrogens is 1. The van der Waals surface area contributed by atoms with Crippen molar-refractivity contribution >= 4 is 5.82 Å². The van der Waals surface area contributed by atoms with Crippen molar-refractivity contribution in [3.8, 4) is 0 Å². The molecule has 2 heterocycles. The molecule has 3 nitrogen and oxygen atoms in total. The second-order valence-corrected chi connectivity index (χ2v) is 4.29. The van der Waals surface area contributed by atoms with Crippen LogP contribution in [0.3, 0.4) is 0 Å². The standard InChI is InChI=1S/C12H17F2N3/c13-11(14)10(8-15)9-4-3-5-16-12(9)17-6-1-2-7-17/h3-5,10-11H,1-2,6-8,15H2. The van der Waals surface area contributed by atoms with E-state index in [9.17, 15) is 8.78 Å². The van der Waals surface area contributed by atoms with Gasteiger partial charge in [-0.25, -0.2) is 13.8 Å². The van der Waals surface area contributed by atoms with Crippen molar-refractivity contribution in [3.63, 3.8) is 0 Å². The van der Waals surface area contributed by atoms with Crippen LogP contribution in [0.15, 0.2) is 18.3 Å². The summed E-state index contributed by atoms with van der Waals surface area (Å²) in [5, 5.41) is 0. The predicted molar refractivity (Wildman–Crippen MR) is 63.5 cm³/mol. The first-order chi connectivity index (χ1) is 8.24. The van der Waals surface area contributed by atoms with Crippen molar-refractivity contribution in [2.45, 2.75) is 25.2 Å². The number of pyridine rings is 1. The smallest absolute Gasteiger partial charge is 0.246 e. The van der Waals surface area contributed by atoms with Crippen LogP contribution in [0.5, 0.6) is 0 Å². The van der Waals surface area contributed by atoms with Crippen LogP contribution in [0.25, 0.3) is 0 Å². The summed E-state index contributed by atoms with van der Waals surface area (Å²) in [5.74, 6) is -0.236. The highest BCUT2D eigenvalue weighted by Crippen LogP contribution is 2.31. The molecule has 0 spiro atoms. The van der Waals surface area contributed by atoms with Crippen molar-refractivity contribution in [1.82, 2.24) is 4.98 Å². The van der Waals surface area contributed by atoms with Gasteiger partial charge in [-0.05, 0) is 18.9 Å². The van der Waals surface area contributed by atoms with E-state index in [2.05, 4.69) is 9.88 Å². The van der Waals surface area contributed by atoms with E-state index in [0.717, 1.165) is 25.9 Å². The van der Waals surface area contributed by atoms with E-state index in [4.69, 9.17) is 5.73 Å². The Hall–Kier alpha value is -1.23. The molecular weight excluding hydrogens is 224 g/mol. The third kappa shape index (κ3) is 2.54. The molecule has 94 valence electrons. The Morgan fingerprint density at radius 1 is 1.35 bits per heavy atom. The number of hydrogen-bond acceptors (Lipinski definition) is 3. The molecule has 1 aliphatic rings. The molecule has 1 aliphatic heterocycles. The van der Waals surface area contributed by atoms with Crippen molar-refractivity contribution in [3.05, 3.63) is 23.9 Å². The van der Waals surface area contributed by atoms with Gasteiger partial charge >= 0.3 is 0 Å². The maximum Gasteiger partial charge on any atom is 0.246 e. The topological polar surface area (TPSA) is 42.1 Å². The molecule has 2 rings (SSSR count). The molecule has 1 saturated heterocycles. The van der Waals surface area contributed by atoms with Crippen LogP contribution in [-0.2, 0) is 0 Å². The largest absolute Gasteiger partial charge is 0.356 e. The van der Waals surface area contributed by atoms with Crippen molar-refractivity contribution < 1.29 is 8.78 Å². The number of nitrogens with zero attached hydrogens (tertiary/aromatic N) is 2. The van der Waals surface area contributed by atoms with E-state index in [-0.39, 0.29) is 6.54 Å². The lowest BCUT2D eigenvalue weighted by Crippen LogP contribution is -2.26. The summed E-state index contributed by atoms with van der Waals surface area (Å²) >= 11 is 0. The third-order valence-corrected chi connectivity index (χ3v) is 3.18. The lowest BCUT2D eigenvalue weighted by Gasteiger charge is -2.23. The van der Waals surface area contributed by atoms with Crippen LogP contribution < -0.4 is 10.6 Å². The van der Waals surface area contributed by atoms with Crippen LogP contribution >= 0.6 is 0 Å². The molecule has 1 aromatic heterocycles. The molecule has 1 aromatic rings. The molecule has 1 unspecified atom stereocenters. The van der Waals surface area contributed by atoms with Crippen LogP contribution in [0.2, 0.25) is 0 Å². The van der Waals surface area contributed by atoms with Crippen LogP contribution in [-0.4, -0.2) is 31.0 Å². The van der Waals surface area contributed by atoms with Crippen molar-refractivity contribution in [1.29, 1.82) is 0 Å². The van der Waals surface area contributed by atoms with Crippen LogP contribution in [0.1, 0.15) is 24.3 Å². The first-order valence-electron chi connectivity index (χ1n) is 5.92. The Morgan fingerprint density at radius 2 is 2.06 bits per heavy atom. The second kappa shape index (κ2) is 5.40. The van der Waals surface area contributed by atoms with Gasteiger partial charge in [0.15, 0.2) is 0 Å². The van der Waals surface area contributed by atoms with Gasteiger partial charge < -0.3 is 10.6 Å². The zero-order valence-corrected chi connectivity index (χ0v) is 9.65. The molecule has 0 saturated carbocycles. The van der Waals surface area contributed by atoms with Gasteiger partial charge in [0, 0.05) is 31.4 Å². The first-order valence-corrected chi connectivity index (χ1v) is 5.92. The van der Waals surface area contributed by atoms with Crippen molar-refractivity contribution in [2.24, 2.45) is 5.73 Å². The lowest BCUT2D eigenvalue weighted by atomic mass is 10.00. The molecule has 1 atom stereocenters. The Labute approximate surface area is 99.6 Å². The quantitative estimate of drug-likeness (QED) is 0.876. The Kier molecular flexibility index (Phi) is 3.89. The van der Waals surface area contributed by atoms with Gasteiger partial charge in [-0.2, -0.15) is 0 Å². The van der Waals surface area contributed by atoms with E-state index in [1.807, 2.05) is 0 Å².